The number of nitrogens with two attached hydrogens (primary N) is 1. The van der Waals surface area contributed by atoms with Gasteiger partial charge in [-0.1, -0.05) is 30.1 Å². The Kier molecular flexibility index (Phi) is 5.55. The molecule has 1 aromatic heterocycles. The Morgan fingerprint density at radius 1 is 1.24 bits per heavy atom. The summed E-state index contributed by atoms with van der Waals surface area (Å²) in [4.78, 5) is 30.9. The molecule has 156 valence electrons. The van der Waals surface area contributed by atoms with Crippen molar-refractivity contribution in [1.82, 2.24) is 20.4 Å². The molecule has 1 aliphatic carbocycles. The van der Waals surface area contributed by atoms with Crippen LogP contribution >= 0.6 is 12.4 Å². The number of ether oxygens (including phenoxy) is 1. The molecule has 0 bridgehead atoms. The lowest BCUT2D eigenvalue weighted by Crippen LogP contribution is -2.40. The number of amides is 3. The zero-order chi connectivity index (χ0) is 19.9. The topological polar surface area (TPSA) is 124 Å². The number of imide groups is 1. The van der Waals surface area contributed by atoms with E-state index in [0.29, 0.717) is 17.1 Å². The molecule has 0 radical (unpaired) electrons. The van der Waals surface area contributed by atoms with Crippen LogP contribution in [0, 0.1) is 0 Å². The molecule has 0 spiro atoms. The minimum absolute atomic E-state index is 0. The number of benzene rings is 1. The van der Waals surface area contributed by atoms with Gasteiger partial charge >= 0.3 is 6.03 Å². The van der Waals surface area contributed by atoms with Gasteiger partial charge in [-0.15, -0.1) is 12.4 Å². The van der Waals surface area contributed by atoms with E-state index in [0.717, 1.165) is 30.6 Å². The summed E-state index contributed by atoms with van der Waals surface area (Å²) in [7, 11) is 1.57. The molecule has 1 aromatic carbocycles. The van der Waals surface area contributed by atoms with E-state index in [4.69, 9.17) is 15.0 Å². The van der Waals surface area contributed by atoms with Gasteiger partial charge in [0.2, 0.25) is 5.89 Å². The van der Waals surface area contributed by atoms with Gasteiger partial charge in [-0.3, -0.25) is 9.69 Å². The third kappa shape index (κ3) is 3.56. The first-order chi connectivity index (χ1) is 13.4. The second-order valence-electron chi connectivity index (χ2n) is 7.55. The highest BCUT2D eigenvalue weighted by molar-refractivity contribution is 6.07. The lowest BCUT2D eigenvalue weighted by Gasteiger charge is -2.22. The van der Waals surface area contributed by atoms with Gasteiger partial charge in [0.25, 0.3) is 5.91 Å². The monoisotopic (exact) mass is 421 g/mol. The third-order valence-corrected chi connectivity index (χ3v) is 5.64. The van der Waals surface area contributed by atoms with E-state index in [2.05, 4.69) is 15.5 Å². The van der Waals surface area contributed by atoms with Crippen molar-refractivity contribution in [2.75, 3.05) is 7.11 Å². The molecule has 4 rings (SSSR count). The first-order valence-corrected chi connectivity index (χ1v) is 9.26. The summed E-state index contributed by atoms with van der Waals surface area (Å²) in [6.45, 7) is 1.57. The van der Waals surface area contributed by atoms with Crippen LogP contribution in [0.4, 0.5) is 4.79 Å². The molecule has 3 amide bonds. The van der Waals surface area contributed by atoms with Gasteiger partial charge in [-0.2, -0.15) is 4.98 Å². The van der Waals surface area contributed by atoms with E-state index >= 15 is 0 Å². The van der Waals surface area contributed by atoms with Crippen LogP contribution in [0.1, 0.15) is 49.9 Å². The smallest absolute Gasteiger partial charge is 0.325 e. The van der Waals surface area contributed by atoms with Crippen LogP contribution in [0.15, 0.2) is 28.8 Å². The van der Waals surface area contributed by atoms with Gasteiger partial charge in [0.05, 0.1) is 12.6 Å². The zero-order valence-corrected chi connectivity index (χ0v) is 17.1. The summed E-state index contributed by atoms with van der Waals surface area (Å²) in [5.41, 5.74) is 5.24. The Bertz CT molecular complexity index is 910. The zero-order valence-electron chi connectivity index (χ0n) is 16.3. The first kappa shape index (κ1) is 21.1. The minimum Gasteiger partial charge on any atom is -0.497 e. The van der Waals surface area contributed by atoms with Crippen molar-refractivity contribution in [2.24, 2.45) is 5.73 Å². The van der Waals surface area contributed by atoms with E-state index < -0.39 is 17.1 Å². The molecule has 2 fully saturated rings. The molecule has 2 aromatic rings. The van der Waals surface area contributed by atoms with Crippen LogP contribution in [-0.4, -0.2) is 34.1 Å². The third-order valence-electron chi connectivity index (χ3n) is 5.64. The molecule has 1 saturated heterocycles. The number of halogens is 1. The lowest BCUT2D eigenvalue weighted by atomic mass is 9.92. The maximum Gasteiger partial charge on any atom is 0.325 e. The fraction of sp³-hybridized carbons (Fsp3) is 0.474. The molecule has 1 atom stereocenters. The molecule has 3 N–H and O–H groups in total. The highest BCUT2D eigenvalue weighted by atomic mass is 35.5. The molecule has 2 aliphatic rings. The normalized spacial score (nSPS) is 23.1. The average molecular weight is 422 g/mol. The number of carbonyl (C=O) groups excluding carboxylic acids is 2. The first-order valence-electron chi connectivity index (χ1n) is 9.26. The second-order valence-corrected chi connectivity index (χ2v) is 7.55. The van der Waals surface area contributed by atoms with Gasteiger partial charge in [-0.25, -0.2) is 4.79 Å². The number of nitrogens with one attached hydrogen (secondary N) is 1. The number of urea groups is 1. The van der Waals surface area contributed by atoms with Gasteiger partial charge in [0, 0.05) is 0 Å². The van der Waals surface area contributed by atoms with Crippen molar-refractivity contribution in [3.63, 3.8) is 0 Å². The van der Waals surface area contributed by atoms with Crippen molar-refractivity contribution < 1.29 is 18.8 Å². The lowest BCUT2D eigenvalue weighted by molar-refractivity contribution is -0.131. The minimum atomic E-state index is -1.17. The van der Waals surface area contributed by atoms with Crippen LogP contribution in [0.2, 0.25) is 0 Å². The SMILES string of the molecule is COc1ccc(C2(C)NC(=O)N(Cc3nc(C4(N)CCCC4)no3)C2=O)cc1.Cl. The maximum absolute atomic E-state index is 13.0. The number of hydrogen-bond donors (Lipinski definition) is 2. The molecule has 1 aliphatic heterocycles. The summed E-state index contributed by atoms with van der Waals surface area (Å²) < 4.78 is 10.4. The number of rotatable bonds is 5. The van der Waals surface area contributed by atoms with Crippen molar-refractivity contribution >= 4 is 24.3 Å². The van der Waals surface area contributed by atoms with E-state index in [-0.39, 0.29) is 30.7 Å². The molecule has 29 heavy (non-hydrogen) atoms. The fourth-order valence-corrected chi connectivity index (χ4v) is 3.85. The van der Waals surface area contributed by atoms with Crippen molar-refractivity contribution in [3.8, 4) is 5.75 Å². The highest BCUT2D eigenvalue weighted by Crippen LogP contribution is 2.35. The number of hydrogen-bond acceptors (Lipinski definition) is 7. The molecule has 9 nitrogen and oxygen atoms in total. The van der Waals surface area contributed by atoms with Crippen LogP contribution in [-0.2, 0) is 22.4 Å². The van der Waals surface area contributed by atoms with Gasteiger partial charge in [0.15, 0.2) is 5.82 Å². The highest BCUT2D eigenvalue weighted by Gasteiger charge is 2.49. The predicted molar refractivity (Wildman–Crippen MR) is 105 cm³/mol. The Morgan fingerprint density at radius 3 is 2.52 bits per heavy atom. The van der Waals surface area contributed by atoms with Crippen LogP contribution in [0.25, 0.3) is 0 Å². The van der Waals surface area contributed by atoms with E-state index in [9.17, 15) is 9.59 Å². The van der Waals surface area contributed by atoms with Crippen molar-refractivity contribution in [1.29, 1.82) is 0 Å². The summed E-state index contributed by atoms with van der Waals surface area (Å²) >= 11 is 0. The summed E-state index contributed by atoms with van der Waals surface area (Å²) in [5, 5.41) is 6.74. The number of aromatic nitrogens is 2. The summed E-state index contributed by atoms with van der Waals surface area (Å²) in [5.74, 6) is 0.909. The van der Waals surface area contributed by atoms with Crippen molar-refractivity contribution in [2.45, 2.75) is 50.2 Å². The summed E-state index contributed by atoms with van der Waals surface area (Å²) in [6, 6.07) is 6.49. The van der Waals surface area contributed by atoms with Crippen LogP contribution < -0.4 is 15.8 Å². The predicted octanol–water partition coefficient (Wildman–Crippen LogP) is 2.20. The van der Waals surface area contributed by atoms with Gasteiger partial charge in [0.1, 0.15) is 17.8 Å². The molecule has 10 heteroatoms. The average Bonchev–Trinajstić information content (AvgIpc) is 3.39. The molecular formula is C19H24ClN5O4. The van der Waals surface area contributed by atoms with Gasteiger partial charge < -0.3 is 20.3 Å². The number of methoxy groups -OCH3 is 1. The number of carbonyl (C=O) groups is 2. The second kappa shape index (κ2) is 7.64. The van der Waals surface area contributed by atoms with Crippen molar-refractivity contribution in [3.05, 3.63) is 41.5 Å². The standard InChI is InChI=1S/C19H23N5O4.ClH/c1-18(12-5-7-13(27-2)8-6-12)16(25)24(17(26)22-18)11-14-21-15(23-28-14)19(20)9-3-4-10-19;/h5-8H,3-4,9-11,20H2,1-2H3,(H,22,26);1H. The Hall–Kier alpha value is -2.65. The molecular weight excluding hydrogens is 398 g/mol. The summed E-state index contributed by atoms with van der Waals surface area (Å²) in [6.07, 6.45) is 3.64. The molecule has 1 unspecified atom stereocenters. The van der Waals surface area contributed by atoms with Crippen LogP contribution in [0.3, 0.4) is 0 Å². The molecule has 2 heterocycles. The quantitative estimate of drug-likeness (QED) is 0.709. The maximum atomic E-state index is 13.0. The van der Waals surface area contributed by atoms with E-state index in [1.165, 1.54) is 0 Å². The fourth-order valence-electron chi connectivity index (χ4n) is 3.85. The number of nitrogens with zero attached hydrogens (tertiary/aromatic N) is 3. The van der Waals surface area contributed by atoms with Crippen LogP contribution in [0.5, 0.6) is 5.75 Å². The van der Waals surface area contributed by atoms with Gasteiger partial charge in [-0.05, 0) is 37.5 Å². The largest absolute Gasteiger partial charge is 0.497 e. The Morgan fingerprint density at radius 2 is 1.90 bits per heavy atom. The van der Waals surface area contributed by atoms with E-state index in [1.54, 1.807) is 38.3 Å². The molecule has 1 saturated carbocycles. The van der Waals surface area contributed by atoms with E-state index in [1.807, 2.05) is 0 Å². The Labute approximate surface area is 174 Å². The Balaban J connectivity index is 0.00000240.